The largest absolute Gasteiger partial charge is 0.482 e. The Bertz CT molecular complexity index is 658. The van der Waals surface area contributed by atoms with Gasteiger partial charge in [0.2, 0.25) is 0 Å². The van der Waals surface area contributed by atoms with Gasteiger partial charge in [-0.3, -0.25) is 9.89 Å². The van der Waals surface area contributed by atoms with Gasteiger partial charge in [0, 0.05) is 17.6 Å². The smallest absolute Gasteiger partial charge is 0.263 e. The predicted molar refractivity (Wildman–Crippen MR) is 86.6 cm³/mol. The molecular formula is C14H16Cl2N4O2. The molecule has 0 aliphatic heterocycles. The van der Waals surface area contributed by atoms with Crippen LogP contribution in [0.5, 0.6) is 5.75 Å². The van der Waals surface area contributed by atoms with E-state index in [1.54, 1.807) is 24.3 Å². The van der Waals surface area contributed by atoms with Crippen LogP contribution in [0.25, 0.3) is 0 Å². The van der Waals surface area contributed by atoms with Crippen LogP contribution in [0.1, 0.15) is 5.69 Å². The average Bonchev–Trinajstić information content (AvgIpc) is 2.84. The highest BCUT2D eigenvalue weighted by Crippen LogP contribution is 2.27. The lowest BCUT2D eigenvalue weighted by atomic mass is 10.3. The fourth-order valence-corrected chi connectivity index (χ4v) is 2.22. The fraction of sp³-hybridized carbons (Fsp3) is 0.286. The first kappa shape index (κ1) is 16.6. The molecule has 1 amide bonds. The average molecular weight is 343 g/mol. The number of rotatable bonds is 6. The molecule has 1 aromatic heterocycles. The molecule has 0 bridgehead atoms. The Morgan fingerprint density at radius 3 is 2.82 bits per heavy atom. The number of halogens is 2. The zero-order valence-corrected chi connectivity index (χ0v) is 13.7. The molecule has 2 N–H and O–H groups in total. The monoisotopic (exact) mass is 342 g/mol. The van der Waals surface area contributed by atoms with Crippen molar-refractivity contribution < 1.29 is 9.53 Å². The number of aromatic nitrogens is 2. The van der Waals surface area contributed by atoms with E-state index < -0.39 is 0 Å². The highest BCUT2D eigenvalue weighted by atomic mass is 35.5. The lowest BCUT2D eigenvalue weighted by Crippen LogP contribution is -2.20. The SMILES string of the molecule is CN(C)Cc1cc(NC(=O)COc2ccc(Cl)cc2Cl)n[nH]1. The highest BCUT2D eigenvalue weighted by Gasteiger charge is 2.09. The molecule has 0 unspecified atom stereocenters. The van der Waals surface area contributed by atoms with Crippen LogP contribution in [0, 0.1) is 0 Å². The van der Waals surface area contributed by atoms with E-state index in [-0.39, 0.29) is 12.5 Å². The summed E-state index contributed by atoms with van der Waals surface area (Å²) in [5.41, 5.74) is 0.905. The molecule has 0 aliphatic carbocycles. The van der Waals surface area contributed by atoms with E-state index in [0.29, 0.717) is 28.2 Å². The summed E-state index contributed by atoms with van der Waals surface area (Å²) < 4.78 is 5.35. The molecule has 0 radical (unpaired) electrons. The lowest BCUT2D eigenvalue weighted by Gasteiger charge is -2.07. The fourth-order valence-electron chi connectivity index (χ4n) is 1.76. The minimum atomic E-state index is -0.325. The minimum absolute atomic E-state index is 0.169. The van der Waals surface area contributed by atoms with Crippen molar-refractivity contribution in [3.05, 3.63) is 40.0 Å². The summed E-state index contributed by atoms with van der Waals surface area (Å²) in [6, 6.07) is 6.58. The van der Waals surface area contributed by atoms with Crippen LogP contribution < -0.4 is 10.1 Å². The first-order valence-corrected chi connectivity index (χ1v) is 7.26. The second-order valence-corrected chi connectivity index (χ2v) is 5.77. The molecule has 118 valence electrons. The van der Waals surface area contributed by atoms with Crippen molar-refractivity contribution in [2.45, 2.75) is 6.54 Å². The van der Waals surface area contributed by atoms with E-state index in [9.17, 15) is 4.79 Å². The van der Waals surface area contributed by atoms with Crippen molar-refractivity contribution in [1.29, 1.82) is 0 Å². The van der Waals surface area contributed by atoms with E-state index in [1.807, 2.05) is 19.0 Å². The molecule has 0 saturated heterocycles. The van der Waals surface area contributed by atoms with Crippen molar-refractivity contribution in [2.24, 2.45) is 0 Å². The number of aromatic amines is 1. The molecule has 0 saturated carbocycles. The van der Waals surface area contributed by atoms with Crippen LogP contribution >= 0.6 is 23.2 Å². The molecule has 6 nitrogen and oxygen atoms in total. The molecule has 2 aromatic rings. The number of nitrogens with one attached hydrogen (secondary N) is 2. The van der Waals surface area contributed by atoms with Gasteiger partial charge in [0.1, 0.15) is 5.75 Å². The normalized spacial score (nSPS) is 10.8. The molecule has 0 aliphatic rings. The third-order valence-electron chi connectivity index (χ3n) is 2.64. The maximum atomic E-state index is 11.8. The zero-order valence-electron chi connectivity index (χ0n) is 12.2. The summed E-state index contributed by atoms with van der Waals surface area (Å²) in [6.07, 6.45) is 0. The summed E-state index contributed by atoms with van der Waals surface area (Å²) in [5.74, 6) is 0.526. The maximum Gasteiger partial charge on any atom is 0.263 e. The number of hydrogen-bond acceptors (Lipinski definition) is 4. The Balaban J connectivity index is 1.86. The molecule has 0 fully saturated rings. The van der Waals surface area contributed by atoms with Gasteiger partial charge in [0.05, 0.1) is 10.7 Å². The molecule has 1 aromatic carbocycles. The Labute approximate surface area is 138 Å². The second kappa shape index (κ2) is 7.49. The van der Waals surface area contributed by atoms with Crippen molar-refractivity contribution in [3.8, 4) is 5.75 Å². The van der Waals surface area contributed by atoms with Crippen molar-refractivity contribution in [1.82, 2.24) is 15.1 Å². The van der Waals surface area contributed by atoms with Crippen LogP contribution in [0.3, 0.4) is 0 Å². The minimum Gasteiger partial charge on any atom is -0.482 e. The summed E-state index contributed by atoms with van der Waals surface area (Å²) in [7, 11) is 3.89. The first-order valence-electron chi connectivity index (χ1n) is 6.51. The van der Waals surface area contributed by atoms with Crippen LogP contribution in [0.4, 0.5) is 5.82 Å². The van der Waals surface area contributed by atoms with Gasteiger partial charge in [-0.05, 0) is 32.3 Å². The van der Waals surface area contributed by atoms with Crippen molar-refractivity contribution >= 4 is 34.9 Å². The Morgan fingerprint density at radius 1 is 1.36 bits per heavy atom. The van der Waals surface area contributed by atoms with Gasteiger partial charge in [-0.15, -0.1) is 0 Å². The third-order valence-corrected chi connectivity index (χ3v) is 3.17. The maximum absolute atomic E-state index is 11.8. The van der Waals surface area contributed by atoms with Crippen LogP contribution in [0.2, 0.25) is 10.0 Å². The number of nitrogens with zero attached hydrogens (tertiary/aromatic N) is 2. The summed E-state index contributed by atoms with van der Waals surface area (Å²) in [5, 5.41) is 10.4. The number of hydrogen-bond donors (Lipinski definition) is 2. The van der Waals surface area contributed by atoms with Gasteiger partial charge in [0.15, 0.2) is 12.4 Å². The summed E-state index contributed by atoms with van der Waals surface area (Å²) in [6.45, 7) is 0.539. The topological polar surface area (TPSA) is 70.2 Å². The highest BCUT2D eigenvalue weighted by molar-refractivity contribution is 6.35. The number of carbonyl (C=O) groups excluding carboxylic acids is 1. The zero-order chi connectivity index (χ0) is 16.1. The van der Waals surface area contributed by atoms with Gasteiger partial charge in [-0.25, -0.2) is 0 Å². The van der Waals surface area contributed by atoms with E-state index in [4.69, 9.17) is 27.9 Å². The molecule has 22 heavy (non-hydrogen) atoms. The van der Waals surface area contributed by atoms with Gasteiger partial charge >= 0.3 is 0 Å². The van der Waals surface area contributed by atoms with Gasteiger partial charge in [-0.2, -0.15) is 5.10 Å². The quantitative estimate of drug-likeness (QED) is 0.846. The predicted octanol–water partition coefficient (Wildman–Crippen LogP) is 2.80. The molecule has 2 rings (SSSR count). The second-order valence-electron chi connectivity index (χ2n) is 4.93. The standard InChI is InChI=1S/C14H16Cl2N4O2/c1-20(2)7-10-6-13(19-18-10)17-14(21)8-22-12-4-3-9(15)5-11(12)16/h3-6H,7-8H2,1-2H3,(H2,17,18,19,21). The number of ether oxygens (including phenoxy) is 1. The van der Waals surface area contributed by atoms with Gasteiger partial charge < -0.3 is 15.0 Å². The van der Waals surface area contributed by atoms with E-state index in [0.717, 1.165) is 5.69 Å². The van der Waals surface area contributed by atoms with E-state index in [2.05, 4.69) is 15.5 Å². The number of benzene rings is 1. The molecule has 1 heterocycles. The summed E-state index contributed by atoms with van der Waals surface area (Å²) >= 11 is 11.8. The third kappa shape index (κ3) is 4.91. The number of H-pyrrole nitrogens is 1. The Kier molecular flexibility index (Phi) is 5.65. The molecule has 0 spiro atoms. The Hall–Kier alpha value is -1.76. The van der Waals surface area contributed by atoms with E-state index >= 15 is 0 Å². The number of anilines is 1. The van der Waals surface area contributed by atoms with Gasteiger partial charge in [0.25, 0.3) is 5.91 Å². The van der Waals surface area contributed by atoms with Crippen molar-refractivity contribution in [3.63, 3.8) is 0 Å². The summed E-state index contributed by atoms with van der Waals surface area (Å²) in [4.78, 5) is 13.8. The molecule has 0 atom stereocenters. The van der Waals surface area contributed by atoms with Crippen LogP contribution in [0.15, 0.2) is 24.3 Å². The van der Waals surface area contributed by atoms with E-state index in [1.165, 1.54) is 0 Å². The van der Waals surface area contributed by atoms with Gasteiger partial charge in [-0.1, -0.05) is 23.2 Å². The number of carbonyl (C=O) groups is 1. The van der Waals surface area contributed by atoms with Crippen molar-refractivity contribution in [2.75, 3.05) is 26.0 Å². The van der Waals surface area contributed by atoms with Crippen LogP contribution in [-0.2, 0) is 11.3 Å². The lowest BCUT2D eigenvalue weighted by molar-refractivity contribution is -0.118. The number of amides is 1. The Morgan fingerprint density at radius 2 is 2.14 bits per heavy atom. The molecular weight excluding hydrogens is 327 g/mol. The first-order chi connectivity index (χ1) is 10.4. The molecule has 8 heteroatoms. The van der Waals surface area contributed by atoms with Crippen LogP contribution in [-0.4, -0.2) is 41.7 Å².